The highest BCUT2D eigenvalue weighted by atomic mass is 127. The number of ether oxygens (including phenoxy) is 1. The van der Waals surface area contributed by atoms with Crippen LogP contribution in [0.15, 0.2) is 35.3 Å². The van der Waals surface area contributed by atoms with Gasteiger partial charge in [0.15, 0.2) is 5.96 Å². The normalized spacial score (nSPS) is 21.0. The van der Waals surface area contributed by atoms with Gasteiger partial charge >= 0.3 is 0 Å². The van der Waals surface area contributed by atoms with Crippen molar-refractivity contribution in [2.45, 2.75) is 39.2 Å². The SMILES string of the molecule is CCNC(=NCC1(CO)CCOCC1)N1CCN(C(CC)c2ccccc2)CC1.I. The van der Waals surface area contributed by atoms with Gasteiger partial charge in [-0.05, 0) is 31.7 Å². The Kier molecular flexibility index (Phi) is 10.8. The van der Waals surface area contributed by atoms with Gasteiger partial charge in [-0.15, -0.1) is 24.0 Å². The van der Waals surface area contributed by atoms with Crippen LogP contribution in [0.2, 0.25) is 0 Å². The molecule has 30 heavy (non-hydrogen) atoms. The molecule has 7 heteroatoms. The topological polar surface area (TPSA) is 60.3 Å². The van der Waals surface area contributed by atoms with Crippen molar-refractivity contribution in [3.8, 4) is 0 Å². The number of benzene rings is 1. The van der Waals surface area contributed by atoms with Gasteiger partial charge in [-0.1, -0.05) is 37.3 Å². The van der Waals surface area contributed by atoms with Crippen molar-refractivity contribution >= 4 is 29.9 Å². The summed E-state index contributed by atoms with van der Waals surface area (Å²) < 4.78 is 5.49. The Balaban J connectivity index is 0.00000320. The Morgan fingerprint density at radius 2 is 1.80 bits per heavy atom. The molecule has 2 fully saturated rings. The van der Waals surface area contributed by atoms with Crippen molar-refractivity contribution in [2.24, 2.45) is 10.4 Å². The van der Waals surface area contributed by atoms with Crippen LogP contribution in [0, 0.1) is 5.41 Å². The summed E-state index contributed by atoms with van der Waals surface area (Å²) in [5.41, 5.74) is 1.29. The van der Waals surface area contributed by atoms with Gasteiger partial charge in [0.1, 0.15) is 0 Å². The van der Waals surface area contributed by atoms with Crippen LogP contribution in [-0.4, -0.2) is 80.0 Å². The van der Waals surface area contributed by atoms with Crippen LogP contribution >= 0.6 is 24.0 Å². The quantitative estimate of drug-likeness (QED) is 0.323. The second-order valence-corrected chi connectivity index (χ2v) is 8.30. The maximum Gasteiger partial charge on any atom is 0.194 e. The number of aliphatic hydroxyl groups is 1. The Morgan fingerprint density at radius 3 is 2.37 bits per heavy atom. The number of nitrogens with zero attached hydrogens (tertiary/aromatic N) is 3. The fourth-order valence-corrected chi connectivity index (χ4v) is 4.46. The highest BCUT2D eigenvalue weighted by Gasteiger charge is 2.32. The maximum absolute atomic E-state index is 9.96. The number of piperazine rings is 1. The molecule has 6 nitrogen and oxygen atoms in total. The van der Waals surface area contributed by atoms with E-state index in [1.165, 1.54) is 5.56 Å². The molecule has 2 saturated heterocycles. The van der Waals surface area contributed by atoms with E-state index in [0.717, 1.165) is 71.2 Å². The molecule has 0 radical (unpaired) electrons. The summed E-state index contributed by atoms with van der Waals surface area (Å²) in [6.07, 6.45) is 2.89. The largest absolute Gasteiger partial charge is 0.396 e. The monoisotopic (exact) mass is 530 g/mol. The lowest BCUT2D eigenvalue weighted by Gasteiger charge is -2.41. The first-order valence-corrected chi connectivity index (χ1v) is 11.2. The van der Waals surface area contributed by atoms with Crippen LogP contribution in [0.25, 0.3) is 0 Å². The van der Waals surface area contributed by atoms with E-state index in [4.69, 9.17) is 9.73 Å². The first kappa shape index (κ1) is 25.4. The molecule has 1 unspecified atom stereocenters. The van der Waals surface area contributed by atoms with E-state index < -0.39 is 0 Å². The number of aliphatic hydroxyl groups excluding tert-OH is 1. The second kappa shape index (κ2) is 12.8. The Morgan fingerprint density at radius 1 is 1.13 bits per heavy atom. The standard InChI is InChI=1S/C23H38N4O2.HI/c1-3-21(20-8-6-5-7-9-20)26-12-14-27(15-13-26)22(24-4-2)25-18-23(19-28)10-16-29-17-11-23;/h5-9,21,28H,3-4,10-19H2,1-2H3,(H,24,25);1H. The smallest absolute Gasteiger partial charge is 0.194 e. The molecule has 1 aromatic rings. The highest BCUT2D eigenvalue weighted by Crippen LogP contribution is 2.30. The third kappa shape index (κ3) is 6.55. The molecule has 2 aliphatic heterocycles. The summed E-state index contributed by atoms with van der Waals surface area (Å²) in [6.45, 7) is 11.6. The number of aliphatic imine (C=N–C) groups is 1. The molecule has 0 saturated carbocycles. The zero-order chi connectivity index (χ0) is 20.5. The van der Waals surface area contributed by atoms with Gasteiger partial charge in [0.2, 0.25) is 0 Å². The minimum atomic E-state index is -0.124. The summed E-state index contributed by atoms with van der Waals surface area (Å²) in [4.78, 5) is 9.93. The van der Waals surface area contributed by atoms with E-state index >= 15 is 0 Å². The van der Waals surface area contributed by atoms with Gasteiger partial charge in [-0.3, -0.25) is 9.89 Å². The van der Waals surface area contributed by atoms with Gasteiger partial charge in [-0.25, -0.2) is 0 Å². The first-order valence-electron chi connectivity index (χ1n) is 11.2. The Labute approximate surface area is 199 Å². The van der Waals surface area contributed by atoms with Gasteiger partial charge in [0.05, 0.1) is 13.2 Å². The maximum atomic E-state index is 9.96. The minimum absolute atomic E-state index is 0. The van der Waals surface area contributed by atoms with E-state index in [-0.39, 0.29) is 36.0 Å². The molecule has 2 heterocycles. The van der Waals surface area contributed by atoms with Crippen LogP contribution in [-0.2, 0) is 4.74 Å². The Hall–Kier alpha value is -0.900. The predicted octanol–water partition coefficient (Wildman–Crippen LogP) is 3.13. The molecule has 170 valence electrons. The summed E-state index contributed by atoms with van der Waals surface area (Å²) in [5.74, 6) is 0.985. The van der Waals surface area contributed by atoms with E-state index in [0.29, 0.717) is 12.6 Å². The number of rotatable bonds is 7. The number of hydrogen-bond donors (Lipinski definition) is 2. The molecule has 3 rings (SSSR count). The fraction of sp³-hybridized carbons (Fsp3) is 0.696. The van der Waals surface area contributed by atoms with Crippen molar-refractivity contribution in [3.63, 3.8) is 0 Å². The van der Waals surface area contributed by atoms with Crippen LogP contribution in [0.3, 0.4) is 0 Å². The molecule has 0 spiro atoms. The lowest BCUT2D eigenvalue weighted by molar-refractivity contribution is -0.0107. The van der Waals surface area contributed by atoms with Gasteiger partial charge in [0.25, 0.3) is 0 Å². The van der Waals surface area contributed by atoms with Crippen molar-refractivity contribution in [1.82, 2.24) is 15.1 Å². The third-order valence-corrected chi connectivity index (χ3v) is 6.41. The van der Waals surface area contributed by atoms with Crippen molar-refractivity contribution < 1.29 is 9.84 Å². The zero-order valence-corrected chi connectivity index (χ0v) is 20.9. The summed E-state index contributed by atoms with van der Waals surface area (Å²) in [7, 11) is 0. The van der Waals surface area contributed by atoms with Crippen molar-refractivity contribution in [3.05, 3.63) is 35.9 Å². The molecular weight excluding hydrogens is 491 g/mol. The second-order valence-electron chi connectivity index (χ2n) is 8.30. The molecular formula is C23H39IN4O2. The molecule has 0 aromatic heterocycles. The summed E-state index contributed by atoms with van der Waals surface area (Å²) in [5, 5.41) is 13.4. The van der Waals surface area contributed by atoms with Crippen LogP contribution in [0.1, 0.15) is 44.7 Å². The molecule has 0 aliphatic carbocycles. The summed E-state index contributed by atoms with van der Waals surface area (Å²) in [6, 6.07) is 11.3. The van der Waals surface area contributed by atoms with E-state index in [1.54, 1.807) is 0 Å². The van der Waals surface area contributed by atoms with Crippen LogP contribution in [0.5, 0.6) is 0 Å². The lowest BCUT2D eigenvalue weighted by Crippen LogP contribution is -2.53. The number of nitrogens with one attached hydrogen (secondary N) is 1. The summed E-state index contributed by atoms with van der Waals surface area (Å²) >= 11 is 0. The Bertz CT molecular complexity index is 629. The fourth-order valence-electron chi connectivity index (χ4n) is 4.46. The van der Waals surface area contributed by atoms with E-state index in [2.05, 4.69) is 59.3 Å². The molecule has 1 aromatic carbocycles. The molecule has 0 amide bonds. The number of halogens is 1. The van der Waals surface area contributed by atoms with Gasteiger partial charge in [-0.2, -0.15) is 0 Å². The van der Waals surface area contributed by atoms with Crippen molar-refractivity contribution in [1.29, 1.82) is 0 Å². The third-order valence-electron chi connectivity index (χ3n) is 6.41. The van der Waals surface area contributed by atoms with E-state index in [1.807, 2.05) is 0 Å². The minimum Gasteiger partial charge on any atom is -0.396 e. The molecule has 0 bridgehead atoms. The van der Waals surface area contributed by atoms with Crippen LogP contribution < -0.4 is 5.32 Å². The average Bonchev–Trinajstić information content (AvgIpc) is 2.79. The molecule has 2 aliphatic rings. The number of guanidine groups is 1. The molecule has 2 N–H and O–H groups in total. The average molecular weight is 530 g/mol. The molecule has 1 atom stereocenters. The lowest BCUT2D eigenvalue weighted by atomic mass is 9.81. The first-order chi connectivity index (χ1) is 14.2. The highest BCUT2D eigenvalue weighted by molar-refractivity contribution is 14.0. The number of hydrogen-bond acceptors (Lipinski definition) is 4. The predicted molar refractivity (Wildman–Crippen MR) is 134 cm³/mol. The van der Waals surface area contributed by atoms with Gasteiger partial charge in [0, 0.05) is 57.4 Å². The van der Waals surface area contributed by atoms with Crippen LogP contribution in [0.4, 0.5) is 0 Å². The van der Waals surface area contributed by atoms with Crippen molar-refractivity contribution in [2.75, 3.05) is 59.1 Å². The zero-order valence-electron chi connectivity index (χ0n) is 18.6. The van der Waals surface area contributed by atoms with Gasteiger partial charge < -0.3 is 20.1 Å². The van der Waals surface area contributed by atoms with E-state index in [9.17, 15) is 5.11 Å².